The van der Waals surface area contributed by atoms with Gasteiger partial charge in [-0.25, -0.2) is 0 Å². The number of pyridine rings is 1. The number of aromatic nitrogens is 1. The highest BCUT2D eigenvalue weighted by Crippen LogP contribution is 2.17. The SMILES string of the molecule is CC(C)CC(N)CCc1ccncc1Cl. The van der Waals surface area contributed by atoms with Crippen molar-refractivity contribution in [1.29, 1.82) is 0 Å². The van der Waals surface area contributed by atoms with E-state index in [4.69, 9.17) is 17.3 Å². The summed E-state index contributed by atoms with van der Waals surface area (Å²) in [5.41, 5.74) is 7.16. The van der Waals surface area contributed by atoms with Gasteiger partial charge in [-0.1, -0.05) is 25.4 Å². The molecule has 1 aromatic rings. The highest BCUT2D eigenvalue weighted by atomic mass is 35.5. The Balaban J connectivity index is 2.40. The van der Waals surface area contributed by atoms with Crippen LogP contribution in [-0.2, 0) is 6.42 Å². The predicted molar refractivity (Wildman–Crippen MR) is 65.0 cm³/mol. The Morgan fingerprint density at radius 1 is 1.47 bits per heavy atom. The molecule has 0 spiro atoms. The van der Waals surface area contributed by atoms with E-state index in [-0.39, 0.29) is 6.04 Å². The number of nitrogens with zero attached hydrogens (tertiary/aromatic N) is 1. The number of aryl methyl sites for hydroxylation is 1. The highest BCUT2D eigenvalue weighted by Gasteiger charge is 2.07. The first-order chi connectivity index (χ1) is 7.09. The largest absolute Gasteiger partial charge is 0.328 e. The number of halogens is 1. The number of nitrogens with two attached hydrogens (primary N) is 1. The van der Waals surface area contributed by atoms with Crippen molar-refractivity contribution in [3.8, 4) is 0 Å². The predicted octanol–water partition coefficient (Wildman–Crippen LogP) is 3.04. The van der Waals surface area contributed by atoms with Gasteiger partial charge < -0.3 is 5.73 Å². The molecule has 3 heteroatoms. The standard InChI is InChI=1S/C12H19ClN2/c1-9(2)7-11(14)4-3-10-5-6-15-8-12(10)13/h5-6,8-9,11H,3-4,7,14H2,1-2H3. The fraction of sp³-hybridized carbons (Fsp3) is 0.583. The van der Waals surface area contributed by atoms with E-state index in [0.29, 0.717) is 5.92 Å². The maximum Gasteiger partial charge on any atom is 0.0621 e. The molecule has 0 radical (unpaired) electrons. The number of hydrogen-bond donors (Lipinski definition) is 1. The van der Waals surface area contributed by atoms with Gasteiger partial charge in [0.1, 0.15) is 0 Å². The Hall–Kier alpha value is -0.600. The fourth-order valence-electron chi connectivity index (χ4n) is 1.67. The molecule has 1 heterocycles. The molecule has 0 saturated heterocycles. The highest BCUT2D eigenvalue weighted by molar-refractivity contribution is 6.31. The van der Waals surface area contributed by atoms with E-state index in [1.54, 1.807) is 12.4 Å². The van der Waals surface area contributed by atoms with Crippen molar-refractivity contribution in [1.82, 2.24) is 4.98 Å². The summed E-state index contributed by atoms with van der Waals surface area (Å²) in [6, 6.07) is 2.24. The fourth-order valence-corrected chi connectivity index (χ4v) is 1.88. The van der Waals surface area contributed by atoms with E-state index in [9.17, 15) is 0 Å². The summed E-state index contributed by atoms with van der Waals surface area (Å²) < 4.78 is 0. The van der Waals surface area contributed by atoms with Crippen LogP contribution in [-0.4, -0.2) is 11.0 Å². The first-order valence-electron chi connectivity index (χ1n) is 5.43. The summed E-state index contributed by atoms with van der Waals surface area (Å²) >= 11 is 6.01. The lowest BCUT2D eigenvalue weighted by Crippen LogP contribution is -2.22. The molecule has 0 bridgehead atoms. The van der Waals surface area contributed by atoms with Crippen LogP contribution in [0.2, 0.25) is 5.02 Å². The first kappa shape index (κ1) is 12.5. The molecule has 0 saturated carbocycles. The lowest BCUT2D eigenvalue weighted by atomic mass is 9.99. The summed E-state index contributed by atoms with van der Waals surface area (Å²) in [4.78, 5) is 3.96. The van der Waals surface area contributed by atoms with Crippen molar-refractivity contribution >= 4 is 11.6 Å². The van der Waals surface area contributed by atoms with Crippen LogP contribution in [0.3, 0.4) is 0 Å². The minimum absolute atomic E-state index is 0.272. The van der Waals surface area contributed by atoms with Crippen molar-refractivity contribution < 1.29 is 0 Å². The van der Waals surface area contributed by atoms with Crippen molar-refractivity contribution in [3.05, 3.63) is 29.0 Å². The Morgan fingerprint density at radius 2 is 2.20 bits per heavy atom. The third-order valence-electron chi connectivity index (χ3n) is 2.42. The van der Waals surface area contributed by atoms with Crippen molar-refractivity contribution in [3.63, 3.8) is 0 Å². The smallest absolute Gasteiger partial charge is 0.0621 e. The molecule has 1 aromatic heterocycles. The Bertz CT molecular complexity index is 299. The zero-order valence-corrected chi connectivity index (χ0v) is 10.2. The number of hydrogen-bond acceptors (Lipinski definition) is 2. The molecule has 0 aliphatic rings. The van der Waals surface area contributed by atoms with Gasteiger partial charge in [0.25, 0.3) is 0 Å². The lowest BCUT2D eigenvalue weighted by molar-refractivity contribution is 0.473. The molecule has 84 valence electrons. The van der Waals surface area contributed by atoms with Crippen molar-refractivity contribution in [2.24, 2.45) is 11.7 Å². The molecular formula is C12H19ClN2. The zero-order valence-electron chi connectivity index (χ0n) is 9.41. The maximum atomic E-state index is 6.01. The Morgan fingerprint density at radius 3 is 2.80 bits per heavy atom. The first-order valence-corrected chi connectivity index (χ1v) is 5.81. The minimum Gasteiger partial charge on any atom is -0.328 e. The molecule has 15 heavy (non-hydrogen) atoms. The van der Waals surface area contributed by atoms with Gasteiger partial charge in [0.15, 0.2) is 0 Å². The average molecular weight is 227 g/mol. The van der Waals surface area contributed by atoms with Gasteiger partial charge in [-0.05, 0) is 36.8 Å². The van der Waals surface area contributed by atoms with E-state index in [1.807, 2.05) is 6.07 Å². The van der Waals surface area contributed by atoms with E-state index < -0.39 is 0 Å². The third kappa shape index (κ3) is 4.63. The molecule has 0 aromatic carbocycles. The van der Waals surface area contributed by atoms with Gasteiger partial charge in [0.2, 0.25) is 0 Å². The zero-order chi connectivity index (χ0) is 11.3. The maximum absolute atomic E-state index is 6.01. The average Bonchev–Trinajstić information content (AvgIpc) is 2.15. The van der Waals surface area contributed by atoms with Crippen LogP contribution in [0.15, 0.2) is 18.5 Å². The molecule has 1 unspecified atom stereocenters. The second-order valence-electron chi connectivity index (χ2n) is 4.40. The minimum atomic E-state index is 0.272. The van der Waals surface area contributed by atoms with Gasteiger partial charge in [0, 0.05) is 18.4 Å². The van der Waals surface area contributed by atoms with E-state index >= 15 is 0 Å². The summed E-state index contributed by atoms with van der Waals surface area (Å²) in [5, 5.41) is 0.745. The van der Waals surface area contributed by atoms with Gasteiger partial charge in [-0.15, -0.1) is 0 Å². The van der Waals surface area contributed by atoms with Gasteiger partial charge in [-0.3, -0.25) is 4.98 Å². The molecule has 2 N–H and O–H groups in total. The molecule has 1 atom stereocenters. The molecular weight excluding hydrogens is 208 g/mol. The quantitative estimate of drug-likeness (QED) is 0.838. The van der Waals surface area contributed by atoms with Crippen LogP contribution in [0.25, 0.3) is 0 Å². The van der Waals surface area contributed by atoms with E-state index in [2.05, 4.69) is 18.8 Å². The van der Waals surface area contributed by atoms with Crippen LogP contribution >= 0.6 is 11.6 Å². The normalized spacial score (nSPS) is 13.1. The third-order valence-corrected chi connectivity index (χ3v) is 2.76. The molecule has 0 aliphatic heterocycles. The second kappa shape index (κ2) is 6.09. The van der Waals surface area contributed by atoms with Crippen LogP contribution < -0.4 is 5.73 Å². The van der Waals surface area contributed by atoms with Crippen molar-refractivity contribution in [2.45, 2.75) is 39.2 Å². The van der Waals surface area contributed by atoms with E-state index in [0.717, 1.165) is 29.8 Å². The van der Waals surface area contributed by atoms with Gasteiger partial charge >= 0.3 is 0 Å². The summed E-state index contributed by atoms with van der Waals surface area (Å²) in [6.07, 6.45) is 6.46. The van der Waals surface area contributed by atoms with Crippen LogP contribution in [0.4, 0.5) is 0 Å². The molecule has 0 aliphatic carbocycles. The lowest BCUT2D eigenvalue weighted by Gasteiger charge is -2.14. The van der Waals surface area contributed by atoms with Crippen molar-refractivity contribution in [2.75, 3.05) is 0 Å². The summed E-state index contributed by atoms with van der Waals surface area (Å²) in [6.45, 7) is 4.39. The molecule has 0 amide bonds. The molecule has 1 rings (SSSR count). The topological polar surface area (TPSA) is 38.9 Å². The van der Waals surface area contributed by atoms with Crippen LogP contribution in [0.5, 0.6) is 0 Å². The molecule has 2 nitrogen and oxygen atoms in total. The van der Waals surface area contributed by atoms with Crippen LogP contribution in [0.1, 0.15) is 32.3 Å². The monoisotopic (exact) mass is 226 g/mol. The summed E-state index contributed by atoms with van der Waals surface area (Å²) in [5.74, 6) is 0.660. The summed E-state index contributed by atoms with van der Waals surface area (Å²) in [7, 11) is 0. The van der Waals surface area contributed by atoms with Crippen LogP contribution in [0, 0.1) is 5.92 Å². The number of rotatable bonds is 5. The molecule has 0 fully saturated rings. The van der Waals surface area contributed by atoms with E-state index in [1.165, 1.54) is 0 Å². The van der Waals surface area contributed by atoms with Gasteiger partial charge in [-0.2, -0.15) is 0 Å². The Kier molecular flexibility index (Phi) is 5.06. The Labute approximate surface area is 96.8 Å². The second-order valence-corrected chi connectivity index (χ2v) is 4.80. The van der Waals surface area contributed by atoms with Gasteiger partial charge in [0.05, 0.1) is 5.02 Å².